The number of hydrogen-bond acceptors (Lipinski definition) is 5. The summed E-state index contributed by atoms with van der Waals surface area (Å²) in [5, 5.41) is 2.62. The lowest BCUT2D eigenvalue weighted by Crippen LogP contribution is -2.17. The van der Waals surface area contributed by atoms with Crippen LogP contribution in [0.25, 0.3) is 6.08 Å². The topological polar surface area (TPSA) is 47.6 Å². The normalized spacial score (nSPS) is 15.6. The highest BCUT2D eigenvalue weighted by Crippen LogP contribution is 2.38. The molecule has 1 N–H and O–H groups in total. The van der Waals surface area contributed by atoms with Crippen LogP contribution in [0.2, 0.25) is 0 Å². The van der Waals surface area contributed by atoms with Crippen LogP contribution in [0.1, 0.15) is 45.1 Å². The Bertz CT molecular complexity index is 677. The largest absolute Gasteiger partial charge is 0.490 e. The second-order valence-electron chi connectivity index (χ2n) is 5.52. The summed E-state index contributed by atoms with van der Waals surface area (Å²) < 4.78 is 13.0. The average Bonchev–Trinajstić information content (AvgIpc) is 2.87. The van der Waals surface area contributed by atoms with Gasteiger partial charge in [-0.1, -0.05) is 50.2 Å². The fourth-order valence-corrected chi connectivity index (χ4v) is 3.97. The third-order valence-corrected chi connectivity index (χ3v) is 5.27. The summed E-state index contributed by atoms with van der Waals surface area (Å²) in [7, 11) is 0. The van der Waals surface area contributed by atoms with Gasteiger partial charge in [0, 0.05) is 0 Å². The van der Waals surface area contributed by atoms with E-state index in [4.69, 9.17) is 21.7 Å². The van der Waals surface area contributed by atoms with Crippen molar-refractivity contribution in [3.63, 3.8) is 0 Å². The maximum Gasteiger partial charge on any atom is 0.263 e. The molecule has 0 unspecified atom stereocenters. The molecule has 1 saturated heterocycles. The van der Waals surface area contributed by atoms with Crippen molar-refractivity contribution in [1.82, 2.24) is 5.32 Å². The number of carbonyl (C=O) groups excluding carboxylic acids is 1. The van der Waals surface area contributed by atoms with E-state index in [0.29, 0.717) is 33.9 Å². The predicted octanol–water partition coefficient (Wildman–Crippen LogP) is 5.30. The first kappa shape index (κ1) is 20.3. The van der Waals surface area contributed by atoms with Gasteiger partial charge in [-0.3, -0.25) is 4.79 Å². The van der Waals surface area contributed by atoms with E-state index in [1.807, 2.05) is 19.1 Å². The molecule has 1 aliphatic heterocycles. The molecule has 1 aromatic rings. The zero-order valence-electron chi connectivity index (χ0n) is 14.4. The van der Waals surface area contributed by atoms with Gasteiger partial charge in [-0.2, -0.15) is 0 Å². The first-order valence-corrected chi connectivity index (χ1v) is 10.4. The number of ether oxygens (including phenoxy) is 2. The van der Waals surface area contributed by atoms with Crippen molar-refractivity contribution in [3.05, 3.63) is 27.1 Å². The summed E-state index contributed by atoms with van der Waals surface area (Å²) in [6, 6.07) is 3.81. The van der Waals surface area contributed by atoms with E-state index in [9.17, 15) is 4.79 Å². The van der Waals surface area contributed by atoms with E-state index in [-0.39, 0.29) is 5.91 Å². The molecule has 1 aliphatic rings. The molecule has 136 valence electrons. The molecule has 0 bridgehead atoms. The van der Waals surface area contributed by atoms with E-state index in [0.717, 1.165) is 22.9 Å². The van der Waals surface area contributed by atoms with Crippen LogP contribution >= 0.6 is 39.9 Å². The van der Waals surface area contributed by atoms with Crippen LogP contribution < -0.4 is 14.8 Å². The quantitative estimate of drug-likeness (QED) is 0.318. The van der Waals surface area contributed by atoms with Gasteiger partial charge in [0.05, 0.1) is 22.6 Å². The van der Waals surface area contributed by atoms with E-state index in [1.54, 1.807) is 6.08 Å². The summed E-state index contributed by atoms with van der Waals surface area (Å²) >= 11 is 9.84. The number of thioether (sulfide) groups is 1. The highest BCUT2D eigenvalue weighted by Gasteiger charge is 2.22. The molecular formula is C18H22BrNO3S2. The van der Waals surface area contributed by atoms with Gasteiger partial charge in [0.1, 0.15) is 4.32 Å². The molecule has 1 heterocycles. The number of nitrogens with one attached hydrogen (secondary N) is 1. The minimum Gasteiger partial charge on any atom is -0.490 e. The number of carbonyl (C=O) groups is 1. The van der Waals surface area contributed by atoms with Crippen molar-refractivity contribution in [3.8, 4) is 11.5 Å². The van der Waals surface area contributed by atoms with Gasteiger partial charge in [-0.15, -0.1) is 0 Å². The Balaban J connectivity index is 2.17. The van der Waals surface area contributed by atoms with Gasteiger partial charge in [-0.25, -0.2) is 0 Å². The van der Waals surface area contributed by atoms with Crippen molar-refractivity contribution in [2.24, 2.45) is 0 Å². The van der Waals surface area contributed by atoms with Gasteiger partial charge in [0.25, 0.3) is 5.91 Å². The molecule has 0 aliphatic carbocycles. The summed E-state index contributed by atoms with van der Waals surface area (Å²) in [6.45, 7) is 5.32. The molecule has 4 nitrogen and oxygen atoms in total. The number of unbranched alkanes of at least 4 members (excludes halogenated alkanes) is 3. The molecule has 0 saturated carbocycles. The maximum absolute atomic E-state index is 11.8. The average molecular weight is 444 g/mol. The van der Waals surface area contributed by atoms with Crippen molar-refractivity contribution in [1.29, 1.82) is 0 Å². The number of benzene rings is 1. The third-order valence-electron chi connectivity index (χ3n) is 3.52. The van der Waals surface area contributed by atoms with Crippen LogP contribution in [0.5, 0.6) is 11.5 Å². The van der Waals surface area contributed by atoms with Crippen LogP contribution in [-0.4, -0.2) is 23.4 Å². The number of halogens is 1. The van der Waals surface area contributed by atoms with Crippen LogP contribution in [0.15, 0.2) is 21.5 Å². The molecule has 25 heavy (non-hydrogen) atoms. The third kappa shape index (κ3) is 6.01. The van der Waals surface area contributed by atoms with Crippen LogP contribution in [0, 0.1) is 0 Å². The molecule has 0 atom stereocenters. The second-order valence-corrected chi connectivity index (χ2v) is 8.10. The highest BCUT2D eigenvalue weighted by atomic mass is 79.9. The van der Waals surface area contributed by atoms with Gasteiger partial charge in [0.2, 0.25) is 0 Å². The molecular weight excluding hydrogens is 422 g/mol. The zero-order chi connectivity index (χ0) is 18.2. The molecule has 1 aromatic carbocycles. The van der Waals surface area contributed by atoms with Crippen LogP contribution in [0.3, 0.4) is 0 Å². The number of amides is 1. The lowest BCUT2D eigenvalue weighted by molar-refractivity contribution is -0.115. The Hall–Kier alpha value is -1.05. The van der Waals surface area contributed by atoms with Crippen molar-refractivity contribution in [2.75, 3.05) is 13.2 Å². The van der Waals surface area contributed by atoms with E-state index in [1.165, 1.54) is 24.6 Å². The highest BCUT2D eigenvalue weighted by molar-refractivity contribution is 9.10. The number of rotatable bonds is 9. The van der Waals surface area contributed by atoms with Crippen molar-refractivity contribution < 1.29 is 14.3 Å². The zero-order valence-corrected chi connectivity index (χ0v) is 17.6. The summed E-state index contributed by atoms with van der Waals surface area (Å²) in [6.07, 6.45) is 6.40. The van der Waals surface area contributed by atoms with Gasteiger partial charge < -0.3 is 14.8 Å². The maximum atomic E-state index is 11.8. The molecule has 1 amide bonds. The first-order chi connectivity index (χ1) is 12.0. The standard InChI is InChI=1S/C18H22BrNO3S2/c1-3-5-6-7-8-23-16-13(19)9-12(10-14(16)22-4-2)11-15-17(21)20-18(24)25-15/h9-11H,3-8H2,1-2H3,(H,20,21,24)/b15-11-. The molecule has 2 rings (SSSR count). The fourth-order valence-electron chi connectivity index (χ4n) is 2.35. The van der Waals surface area contributed by atoms with Gasteiger partial charge >= 0.3 is 0 Å². The molecule has 0 radical (unpaired) electrons. The number of hydrogen-bond donors (Lipinski definition) is 1. The summed E-state index contributed by atoms with van der Waals surface area (Å²) in [5.74, 6) is 1.21. The second kappa shape index (κ2) is 10.2. The first-order valence-electron chi connectivity index (χ1n) is 8.39. The minimum atomic E-state index is -0.166. The van der Waals surface area contributed by atoms with E-state index < -0.39 is 0 Å². The SMILES string of the molecule is CCCCCCOc1c(Br)cc(/C=C2\SC(=S)NC2=O)cc1OCC. The molecule has 0 spiro atoms. The molecule has 7 heteroatoms. The van der Waals surface area contributed by atoms with E-state index in [2.05, 4.69) is 28.2 Å². The van der Waals surface area contributed by atoms with Crippen LogP contribution in [0.4, 0.5) is 0 Å². The van der Waals surface area contributed by atoms with Crippen molar-refractivity contribution in [2.45, 2.75) is 39.5 Å². The number of thiocarbonyl (C=S) groups is 1. The Morgan fingerprint density at radius 1 is 1.24 bits per heavy atom. The summed E-state index contributed by atoms with van der Waals surface area (Å²) in [5.41, 5.74) is 0.857. The van der Waals surface area contributed by atoms with Gasteiger partial charge in [-0.05, 0) is 53.0 Å². The van der Waals surface area contributed by atoms with Gasteiger partial charge in [0.15, 0.2) is 11.5 Å². The smallest absolute Gasteiger partial charge is 0.263 e. The van der Waals surface area contributed by atoms with E-state index >= 15 is 0 Å². The Kier molecular flexibility index (Phi) is 8.26. The lowest BCUT2D eigenvalue weighted by atomic mass is 10.1. The Labute approximate surface area is 166 Å². The van der Waals surface area contributed by atoms with Crippen molar-refractivity contribution >= 4 is 56.2 Å². The molecule has 0 aromatic heterocycles. The minimum absolute atomic E-state index is 0.166. The van der Waals surface area contributed by atoms with Crippen LogP contribution in [-0.2, 0) is 4.79 Å². The molecule has 1 fully saturated rings. The predicted molar refractivity (Wildman–Crippen MR) is 111 cm³/mol. The lowest BCUT2D eigenvalue weighted by Gasteiger charge is -2.15. The fraction of sp³-hybridized carbons (Fsp3) is 0.444. The Morgan fingerprint density at radius 3 is 2.68 bits per heavy atom. The Morgan fingerprint density at radius 2 is 2.04 bits per heavy atom. The monoisotopic (exact) mass is 443 g/mol. The summed E-state index contributed by atoms with van der Waals surface area (Å²) in [4.78, 5) is 12.4.